The van der Waals surface area contributed by atoms with Crippen molar-refractivity contribution in [3.05, 3.63) is 0 Å². The third kappa shape index (κ3) is 2.50. The van der Waals surface area contributed by atoms with Gasteiger partial charge in [0.05, 0.1) is 19.4 Å². The van der Waals surface area contributed by atoms with Crippen LogP contribution in [0.15, 0.2) is 0 Å². The Morgan fingerprint density at radius 1 is 1.53 bits per heavy atom. The topological polar surface area (TPSA) is 46.6 Å². The van der Waals surface area contributed by atoms with Gasteiger partial charge in [0.25, 0.3) is 0 Å². The van der Waals surface area contributed by atoms with E-state index < -0.39 is 0 Å². The van der Waals surface area contributed by atoms with Crippen LogP contribution in [-0.2, 0) is 14.3 Å². The number of amides is 1. The average Bonchev–Trinajstić information content (AvgIpc) is 2.60. The predicted octanol–water partition coefficient (Wildman–Crippen LogP) is 0.277. The summed E-state index contributed by atoms with van der Waals surface area (Å²) in [6.45, 7) is 2.94. The molecule has 1 rings (SSSR count). The molecule has 2 atom stereocenters. The summed E-state index contributed by atoms with van der Waals surface area (Å²) in [5, 5.41) is 0. The summed E-state index contributed by atoms with van der Waals surface area (Å²) in [4.78, 5) is 24.5. The van der Waals surface area contributed by atoms with Crippen molar-refractivity contribution >= 4 is 11.9 Å². The highest BCUT2D eigenvalue weighted by molar-refractivity contribution is 5.81. The van der Waals surface area contributed by atoms with Gasteiger partial charge in [-0.1, -0.05) is 12.8 Å². The van der Waals surface area contributed by atoms with E-state index in [9.17, 15) is 9.59 Å². The molecule has 1 aliphatic heterocycles. The Hall–Kier alpha value is -1.50. The minimum Gasteiger partial charge on any atom is -0.469 e. The number of terminal acetylenes is 1. The fourth-order valence-electron chi connectivity index (χ4n) is 1.83. The maximum absolute atomic E-state index is 11.5. The van der Waals surface area contributed by atoms with Crippen molar-refractivity contribution in [3.8, 4) is 12.3 Å². The molecule has 4 heteroatoms. The van der Waals surface area contributed by atoms with E-state index in [4.69, 9.17) is 6.42 Å². The molecule has 0 spiro atoms. The molecule has 1 aliphatic rings. The number of ether oxygens (including phenoxy) is 1. The summed E-state index contributed by atoms with van der Waals surface area (Å²) < 4.78 is 4.68. The molecular weight excluding hydrogens is 194 g/mol. The zero-order chi connectivity index (χ0) is 11.4. The molecule has 1 saturated heterocycles. The van der Waals surface area contributed by atoms with Gasteiger partial charge in [-0.2, -0.15) is 0 Å². The molecular formula is C11H15NO3. The van der Waals surface area contributed by atoms with Gasteiger partial charge in [0.15, 0.2) is 0 Å². The van der Waals surface area contributed by atoms with Crippen LogP contribution in [0.4, 0.5) is 0 Å². The highest BCUT2D eigenvalue weighted by Gasteiger charge is 2.37. The van der Waals surface area contributed by atoms with Crippen LogP contribution in [0.1, 0.15) is 13.3 Å². The summed E-state index contributed by atoms with van der Waals surface area (Å²) >= 11 is 0. The number of rotatable bonds is 2. The van der Waals surface area contributed by atoms with E-state index in [0.717, 1.165) is 0 Å². The number of esters is 1. The number of methoxy groups -OCH3 is 1. The molecule has 0 radical (unpaired) electrons. The second-order valence-corrected chi connectivity index (χ2v) is 3.79. The number of hydrogen-bond acceptors (Lipinski definition) is 3. The van der Waals surface area contributed by atoms with Gasteiger partial charge in [-0.3, -0.25) is 9.59 Å². The maximum atomic E-state index is 11.5. The lowest BCUT2D eigenvalue weighted by Crippen LogP contribution is -2.29. The third-order valence-corrected chi connectivity index (χ3v) is 2.72. The molecule has 0 aliphatic carbocycles. The van der Waals surface area contributed by atoms with Crippen molar-refractivity contribution in [3.63, 3.8) is 0 Å². The molecule has 1 fully saturated rings. The Morgan fingerprint density at radius 2 is 2.20 bits per heavy atom. The minimum absolute atomic E-state index is 0.0873. The Kier molecular flexibility index (Phi) is 3.73. The summed E-state index contributed by atoms with van der Waals surface area (Å²) in [6, 6.07) is 0. The number of carbonyl (C=O) groups excluding carboxylic acids is 2. The number of nitrogens with zero attached hydrogens (tertiary/aromatic N) is 1. The highest BCUT2D eigenvalue weighted by Crippen LogP contribution is 2.24. The van der Waals surface area contributed by atoms with Crippen LogP contribution >= 0.6 is 0 Å². The summed E-state index contributed by atoms with van der Waals surface area (Å²) in [6.07, 6.45) is 5.16. The van der Waals surface area contributed by atoms with Gasteiger partial charge in [-0.15, -0.1) is 6.42 Å². The van der Waals surface area contributed by atoms with Gasteiger partial charge in [0, 0.05) is 13.1 Å². The fraction of sp³-hybridized carbons (Fsp3) is 0.636. The Morgan fingerprint density at radius 3 is 2.73 bits per heavy atom. The van der Waals surface area contributed by atoms with E-state index in [1.165, 1.54) is 7.11 Å². The molecule has 0 aromatic carbocycles. The zero-order valence-corrected chi connectivity index (χ0v) is 9.03. The SMILES string of the molecule is C#CCC(=O)N1CC(C)C(C(=O)OC)C1. The van der Waals surface area contributed by atoms with Crippen molar-refractivity contribution < 1.29 is 14.3 Å². The van der Waals surface area contributed by atoms with Crippen molar-refractivity contribution in [2.75, 3.05) is 20.2 Å². The molecule has 0 aromatic rings. The summed E-state index contributed by atoms with van der Waals surface area (Å²) in [5.41, 5.74) is 0. The molecule has 4 nitrogen and oxygen atoms in total. The molecule has 15 heavy (non-hydrogen) atoms. The maximum Gasteiger partial charge on any atom is 0.310 e. The zero-order valence-electron chi connectivity index (χ0n) is 9.03. The first-order valence-corrected chi connectivity index (χ1v) is 4.89. The first-order chi connectivity index (χ1) is 7.10. The van der Waals surface area contributed by atoms with Gasteiger partial charge < -0.3 is 9.64 Å². The van der Waals surface area contributed by atoms with Gasteiger partial charge in [-0.05, 0) is 5.92 Å². The van der Waals surface area contributed by atoms with Crippen LogP contribution in [0.2, 0.25) is 0 Å². The molecule has 0 bridgehead atoms. The van der Waals surface area contributed by atoms with Crippen molar-refractivity contribution in [2.24, 2.45) is 11.8 Å². The lowest BCUT2D eigenvalue weighted by Gasteiger charge is -2.13. The van der Waals surface area contributed by atoms with Crippen molar-refractivity contribution in [2.45, 2.75) is 13.3 Å². The molecule has 1 heterocycles. The minimum atomic E-state index is -0.251. The Balaban J connectivity index is 2.60. The largest absolute Gasteiger partial charge is 0.469 e. The second-order valence-electron chi connectivity index (χ2n) is 3.79. The van der Waals surface area contributed by atoms with E-state index in [1.807, 2.05) is 6.92 Å². The Labute approximate surface area is 89.6 Å². The van der Waals surface area contributed by atoms with E-state index in [0.29, 0.717) is 13.1 Å². The number of carbonyl (C=O) groups is 2. The van der Waals surface area contributed by atoms with E-state index in [1.54, 1.807) is 4.90 Å². The number of hydrogen-bond donors (Lipinski definition) is 0. The summed E-state index contributed by atoms with van der Waals surface area (Å²) in [7, 11) is 1.36. The van der Waals surface area contributed by atoms with Crippen LogP contribution in [0.5, 0.6) is 0 Å². The quantitative estimate of drug-likeness (QED) is 0.484. The van der Waals surface area contributed by atoms with Crippen LogP contribution in [0.25, 0.3) is 0 Å². The lowest BCUT2D eigenvalue weighted by molar-refractivity contribution is -0.146. The van der Waals surface area contributed by atoms with Crippen LogP contribution in [-0.4, -0.2) is 37.0 Å². The molecule has 0 N–H and O–H groups in total. The molecule has 2 unspecified atom stereocenters. The Bertz CT molecular complexity index is 305. The smallest absolute Gasteiger partial charge is 0.310 e. The number of likely N-dealkylation sites (tertiary alicyclic amines) is 1. The van der Waals surface area contributed by atoms with E-state index in [2.05, 4.69) is 10.7 Å². The predicted molar refractivity (Wildman–Crippen MR) is 54.7 cm³/mol. The molecule has 82 valence electrons. The van der Waals surface area contributed by atoms with Gasteiger partial charge in [-0.25, -0.2) is 0 Å². The highest BCUT2D eigenvalue weighted by atomic mass is 16.5. The van der Waals surface area contributed by atoms with E-state index >= 15 is 0 Å². The van der Waals surface area contributed by atoms with Crippen molar-refractivity contribution in [1.82, 2.24) is 4.90 Å². The molecule has 0 aromatic heterocycles. The average molecular weight is 209 g/mol. The third-order valence-electron chi connectivity index (χ3n) is 2.72. The fourth-order valence-corrected chi connectivity index (χ4v) is 1.83. The first-order valence-electron chi connectivity index (χ1n) is 4.89. The van der Waals surface area contributed by atoms with Crippen molar-refractivity contribution in [1.29, 1.82) is 0 Å². The standard InChI is InChI=1S/C11H15NO3/c1-4-5-10(13)12-6-8(2)9(7-12)11(14)15-3/h1,8-9H,5-7H2,2-3H3. The van der Waals surface area contributed by atoms with Crippen LogP contribution in [0.3, 0.4) is 0 Å². The molecule has 0 saturated carbocycles. The van der Waals surface area contributed by atoms with Crippen LogP contribution < -0.4 is 0 Å². The van der Waals surface area contributed by atoms with E-state index in [-0.39, 0.29) is 30.1 Å². The lowest BCUT2D eigenvalue weighted by atomic mass is 9.99. The molecule has 1 amide bonds. The summed E-state index contributed by atoms with van der Waals surface area (Å²) in [5.74, 6) is 1.90. The van der Waals surface area contributed by atoms with Crippen LogP contribution in [0, 0.1) is 24.2 Å². The monoisotopic (exact) mass is 209 g/mol. The van der Waals surface area contributed by atoms with Gasteiger partial charge in [0.2, 0.25) is 5.91 Å². The normalized spacial score (nSPS) is 24.7. The first kappa shape index (κ1) is 11.6. The van der Waals surface area contributed by atoms with Gasteiger partial charge in [0.1, 0.15) is 0 Å². The van der Waals surface area contributed by atoms with Gasteiger partial charge >= 0.3 is 5.97 Å². The second kappa shape index (κ2) is 4.83.